The molecule has 4 rings (SSSR count). The summed E-state index contributed by atoms with van der Waals surface area (Å²) in [4.78, 5) is 40.9. The molecule has 2 aliphatic rings. The highest BCUT2D eigenvalue weighted by Gasteiger charge is 2.45. The first-order valence-corrected chi connectivity index (χ1v) is 13.8. The lowest BCUT2D eigenvalue weighted by Crippen LogP contribution is -2.57. The van der Waals surface area contributed by atoms with Gasteiger partial charge in [0, 0.05) is 20.2 Å². The maximum absolute atomic E-state index is 15.1. The maximum Gasteiger partial charge on any atom is 0.338 e. The van der Waals surface area contributed by atoms with E-state index in [-0.39, 0.29) is 23.7 Å². The highest BCUT2D eigenvalue weighted by molar-refractivity contribution is 6.01. The third-order valence-corrected chi connectivity index (χ3v) is 7.77. The molecule has 2 aromatic carbocycles. The van der Waals surface area contributed by atoms with Crippen LogP contribution < -0.4 is 10.6 Å². The summed E-state index contributed by atoms with van der Waals surface area (Å²) in [6.07, 6.45) is 0.617. The molecule has 15 heteroatoms. The van der Waals surface area contributed by atoms with Crippen LogP contribution in [0.5, 0.6) is 0 Å². The number of urea groups is 2. The second kappa shape index (κ2) is 13.6. The Morgan fingerprint density at radius 1 is 1.11 bits per heavy atom. The van der Waals surface area contributed by atoms with Gasteiger partial charge in [0.1, 0.15) is 6.04 Å². The van der Waals surface area contributed by atoms with Crippen LogP contribution in [-0.2, 0) is 19.7 Å². The second-order valence-electron chi connectivity index (χ2n) is 10.7. The number of likely N-dealkylation sites (tertiary alicyclic amines) is 1. The molecule has 240 valence electrons. The Labute approximate surface area is 255 Å². The van der Waals surface area contributed by atoms with Crippen molar-refractivity contribution in [2.45, 2.75) is 30.2 Å². The van der Waals surface area contributed by atoms with Gasteiger partial charge in [-0.05, 0) is 36.1 Å². The molecule has 0 spiro atoms. The quantitative estimate of drug-likeness (QED) is 0.241. The predicted octanol–water partition coefficient (Wildman–Crippen LogP) is 4.15. The number of piperidine rings is 1. The van der Waals surface area contributed by atoms with Crippen molar-refractivity contribution in [1.29, 1.82) is 5.26 Å². The van der Waals surface area contributed by atoms with E-state index in [0.29, 0.717) is 25.0 Å². The van der Waals surface area contributed by atoms with Crippen LogP contribution in [0, 0.1) is 28.8 Å². The van der Waals surface area contributed by atoms with Gasteiger partial charge in [-0.25, -0.2) is 41.2 Å². The van der Waals surface area contributed by atoms with Gasteiger partial charge in [-0.15, -0.1) is 0 Å². The number of imide groups is 1. The number of carbonyl (C=O) groups excluding carboxylic acids is 3. The first-order valence-electron chi connectivity index (χ1n) is 13.8. The predicted molar refractivity (Wildman–Crippen MR) is 148 cm³/mol. The zero-order chi connectivity index (χ0) is 32.9. The zero-order valence-corrected chi connectivity index (χ0v) is 24.3. The van der Waals surface area contributed by atoms with E-state index < -0.39 is 83.7 Å². The van der Waals surface area contributed by atoms with Crippen LogP contribution in [-0.4, -0.2) is 80.8 Å². The van der Waals surface area contributed by atoms with Gasteiger partial charge in [-0.3, -0.25) is 4.90 Å². The van der Waals surface area contributed by atoms with E-state index in [4.69, 9.17) is 9.47 Å². The van der Waals surface area contributed by atoms with Crippen LogP contribution in [0.1, 0.15) is 30.0 Å². The lowest BCUT2D eigenvalue weighted by molar-refractivity contribution is -0.137. The molecule has 0 bridgehead atoms. The molecule has 0 radical (unpaired) electrons. The molecular weight excluding hydrogens is 605 g/mol. The fraction of sp³-hybridized carbons (Fsp3) is 0.400. The van der Waals surface area contributed by atoms with E-state index in [1.165, 1.54) is 12.0 Å². The monoisotopic (exact) mass is 635 g/mol. The molecule has 1 atom stereocenters. The van der Waals surface area contributed by atoms with Crippen molar-refractivity contribution >= 4 is 18.0 Å². The highest BCUT2D eigenvalue weighted by atomic mass is 19.3. The van der Waals surface area contributed by atoms with Crippen LogP contribution in [0.25, 0.3) is 0 Å². The molecule has 2 heterocycles. The Balaban J connectivity index is 1.53. The summed E-state index contributed by atoms with van der Waals surface area (Å²) in [5, 5.41) is 14.1. The topological polar surface area (TPSA) is 124 Å². The fourth-order valence-corrected chi connectivity index (χ4v) is 5.52. The fourth-order valence-electron chi connectivity index (χ4n) is 5.52. The summed E-state index contributed by atoms with van der Waals surface area (Å²) in [7, 11) is 2.18. The minimum atomic E-state index is -3.52. The first kappa shape index (κ1) is 33.3. The number of hydrogen-bond donors (Lipinski definition) is 2. The molecule has 2 aliphatic heterocycles. The minimum Gasteiger partial charge on any atom is -0.466 e. The van der Waals surface area contributed by atoms with Crippen LogP contribution >= 0.6 is 0 Å². The minimum absolute atomic E-state index is 0.180. The van der Waals surface area contributed by atoms with Crippen LogP contribution in [0.15, 0.2) is 53.7 Å². The number of halogens is 5. The Morgan fingerprint density at radius 3 is 2.29 bits per heavy atom. The van der Waals surface area contributed by atoms with Gasteiger partial charge in [-0.1, -0.05) is 30.3 Å². The van der Waals surface area contributed by atoms with Gasteiger partial charge in [-0.2, -0.15) is 5.26 Å². The Morgan fingerprint density at radius 2 is 1.73 bits per heavy atom. The number of alkyl halides is 2. The van der Waals surface area contributed by atoms with Gasteiger partial charge >= 0.3 is 18.0 Å². The number of carbonyl (C=O) groups is 3. The summed E-state index contributed by atoms with van der Waals surface area (Å²) in [5.41, 5.74) is -1.30. The number of nitrogens with zero attached hydrogens (tertiary/aromatic N) is 3. The third-order valence-electron chi connectivity index (χ3n) is 7.77. The molecule has 10 nitrogen and oxygen atoms in total. The number of ether oxygens (including phenoxy) is 2. The van der Waals surface area contributed by atoms with Crippen molar-refractivity contribution in [1.82, 2.24) is 20.4 Å². The zero-order valence-electron chi connectivity index (χ0n) is 24.3. The molecule has 0 aliphatic carbocycles. The van der Waals surface area contributed by atoms with Crippen molar-refractivity contribution in [2.75, 3.05) is 47.0 Å². The smallest absolute Gasteiger partial charge is 0.338 e. The van der Waals surface area contributed by atoms with E-state index in [2.05, 4.69) is 11.4 Å². The van der Waals surface area contributed by atoms with Crippen LogP contribution in [0.2, 0.25) is 0 Å². The lowest BCUT2D eigenvalue weighted by Gasteiger charge is -2.39. The van der Waals surface area contributed by atoms with Gasteiger partial charge < -0.3 is 20.1 Å². The molecule has 45 heavy (non-hydrogen) atoms. The average molecular weight is 636 g/mol. The second-order valence-corrected chi connectivity index (χ2v) is 10.7. The molecule has 2 N–H and O–H groups in total. The Bertz CT molecular complexity index is 1500. The summed E-state index contributed by atoms with van der Waals surface area (Å²) in [6, 6.07) is 7.74. The molecule has 0 saturated carbocycles. The number of amides is 4. The van der Waals surface area contributed by atoms with Gasteiger partial charge in [0.25, 0.3) is 5.92 Å². The summed E-state index contributed by atoms with van der Waals surface area (Å²) in [5.74, 6) is -9.88. The number of esters is 1. The molecular formula is C30H30F5N5O5. The number of nitriles is 1. The molecule has 1 unspecified atom stereocenters. The van der Waals surface area contributed by atoms with Crippen LogP contribution in [0.3, 0.4) is 0 Å². The van der Waals surface area contributed by atoms with E-state index in [1.807, 2.05) is 23.5 Å². The third kappa shape index (κ3) is 7.07. The van der Waals surface area contributed by atoms with Gasteiger partial charge in [0.2, 0.25) is 0 Å². The van der Waals surface area contributed by atoms with Crippen molar-refractivity contribution < 1.29 is 45.8 Å². The van der Waals surface area contributed by atoms with Crippen molar-refractivity contribution in [2.24, 2.45) is 0 Å². The Hall–Kier alpha value is -4.55. The lowest BCUT2D eigenvalue weighted by atomic mass is 9.74. The number of rotatable bonds is 9. The number of benzene rings is 2. The molecule has 0 aromatic heterocycles. The number of hydrogen-bond acceptors (Lipinski definition) is 7. The molecule has 4 amide bonds. The SMILES string of the molecule is COCC1=C(C(=O)OC)C(c2cc(F)c(F)c(F)c2)N(C(=O)NCC(F)(F)CN2CCC(C#N)(c3ccccc3)CC2)C(=O)N1. The maximum atomic E-state index is 15.1. The van der Waals surface area contributed by atoms with Crippen LogP contribution in [0.4, 0.5) is 31.5 Å². The van der Waals surface area contributed by atoms with E-state index in [0.717, 1.165) is 12.7 Å². The van der Waals surface area contributed by atoms with Crippen molar-refractivity contribution in [3.05, 3.63) is 82.3 Å². The summed E-state index contributed by atoms with van der Waals surface area (Å²) < 4.78 is 82.3. The van der Waals surface area contributed by atoms with Gasteiger partial charge in [0.15, 0.2) is 17.5 Å². The summed E-state index contributed by atoms with van der Waals surface area (Å²) >= 11 is 0. The molecule has 1 fully saturated rings. The number of methoxy groups -OCH3 is 2. The van der Waals surface area contributed by atoms with E-state index in [9.17, 15) is 32.8 Å². The largest absolute Gasteiger partial charge is 0.466 e. The van der Waals surface area contributed by atoms with E-state index >= 15 is 8.78 Å². The van der Waals surface area contributed by atoms with Crippen molar-refractivity contribution in [3.63, 3.8) is 0 Å². The normalized spacial score (nSPS) is 18.7. The van der Waals surface area contributed by atoms with Crippen molar-refractivity contribution in [3.8, 4) is 6.07 Å². The number of nitrogens with one attached hydrogen (secondary N) is 2. The summed E-state index contributed by atoms with van der Waals surface area (Å²) in [6.45, 7) is -2.09. The Kier molecular flexibility index (Phi) is 10.1. The standard InChI is InChI=1S/C30H30F5N5O5/c1-44-14-22-23(26(41)45-2)25(18-12-20(31)24(33)21(32)13-18)40(28(43)38-22)27(42)37-16-30(34,35)17-39-10-8-29(15-36,9-11-39)19-6-4-3-5-7-19/h3-7,12-13,25H,8-11,14,16-17H2,1-2H3,(H,37,42)(H,38,43). The molecule has 1 saturated heterocycles. The highest BCUT2D eigenvalue weighted by Crippen LogP contribution is 2.37. The molecule has 2 aromatic rings. The van der Waals surface area contributed by atoms with Gasteiger partial charge in [0.05, 0.1) is 49.6 Å². The van der Waals surface area contributed by atoms with E-state index in [1.54, 1.807) is 12.1 Å². The first-order chi connectivity index (χ1) is 21.4. The average Bonchev–Trinajstić information content (AvgIpc) is 3.02.